The molecule has 0 bridgehead atoms. The average molecular weight is 271 g/mol. The van der Waals surface area contributed by atoms with E-state index in [-0.39, 0.29) is 0 Å². The predicted octanol–water partition coefficient (Wildman–Crippen LogP) is 3.69. The van der Waals surface area contributed by atoms with Crippen LogP contribution in [0.5, 0.6) is 0 Å². The van der Waals surface area contributed by atoms with Crippen LogP contribution in [0.15, 0.2) is 24.4 Å². The largest absolute Gasteiger partial charge is 0.313 e. The molecule has 3 nitrogen and oxygen atoms in total. The van der Waals surface area contributed by atoms with Crippen molar-refractivity contribution in [3.63, 3.8) is 0 Å². The standard InChI is InChI=1S/C17H25N3/c1-5-9-20-14(4)17(12-19-20)16-8-7-15(10-13(16)3)11-18-6-2/h7-8,10,12,18H,5-6,9,11H2,1-4H3. The summed E-state index contributed by atoms with van der Waals surface area (Å²) in [5.74, 6) is 0. The molecule has 108 valence electrons. The van der Waals surface area contributed by atoms with Gasteiger partial charge in [0, 0.05) is 24.3 Å². The molecule has 2 aromatic rings. The molecule has 0 aliphatic heterocycles. The Balaban J connectivity index is 2.29. The van der Waals surface area contributed by atoms with Gasteiger partial charge >= 0.3 is 0 Å². The van der Waals surface area contributed by atoms with Crippen LogP contribution in [-0.2, 0) is 13.1 Å². The van der Waals surface area contributed by atoms with Crippen molar-refractivity contribution in [2.75, 3.05) is 6.54 Å². The van der Waals surface area contributed by atoms with Gasteiger partial charge in [0.15, 0.2) is 0 Å². The second kappa shape index (κ2) is 6.71. The number of aromatic nitrogens is 2. The van der Waals surface area contributed by atoms with Crippen LogP contribution in [0.2, 0.25) is 0 Å². The zero-order chi connectivity index (χ0) is 14.5. The van der Waals surface area contributed by atoms with Gasteiger partial charge in [0.2, 0.25) is 0 Å². The van der Waals surface area contributed by atoms with E-state index >= 15 is 0 Å². The van der Waals surface area contributed by atoms with Crippen LogP contribution >= 0.6 is 0 Å². The van der Waals surface area contributed by atoms with Crippen LogP contribution < -0.4 is 5.32 Å². The molecule has 0 aliphatic rings. The topological polar surface area (TPSA) is 29.9 Å². The lowest BCUT2D eigenvalue weighted by Gasteiger charge is -2.09. The molecule has 0 saturated carbocycles. The van der Waals surface area contributed by atoms with Crippen molar-refractivity contribution in [3.05, 3.63) is 41.2 Å². The van der Waals surface area contributed by atoms with Crippen molar-refractivity contribution in [1.29, 1.82) is 0 Å². The molecule has 0 radical (unpaired) electrons. The van der Waals surface area contributed by atoms with Gasteiger partial charge in [0.25, 0.3) is 0 Å². The van der Waals surface area contributed by atoms with E-state index in [4.69, 9.17) is 0 Å². The minimum absolute atomic E-state index is 0.936. The Bertz CT molecular complexity index is 570. The Hall–Kier alpha value is -1.61. The van der Waals surface area contributed by atoms with Crippen LogP contribution in [-0.4, -0.2) is 16.3 Å². The van der Waals surface area contributed by atoms with E-state index in [0.717, 1.165) is 26.1 Å². The van der Waals surface area contributed by atoms with Gasteiger partial charge in [-0.05, 0) is 43.5 Å². The maximum Gasteiger partial charge on any atom is 0.0571 e. The zero-order valence-electron chi connectivity index (χ0n) is 13.0. The fourth-order valence-corrected chi connectivity index (χ4v) is 2.56. The molecule has 0 spiro atoms. The first-order chi connectivity index (χ1) is 9.67. The summed E-state index contributed by atoms with van der Waals surface area (Å²) in [7, 11) is 0. The summed E-state index contributed by atoms with van der Waals surface area (Å²) >= 11 is 0. The Morgan fingerprint density at radius 2 is 1.95 bits per heavy atom. The van der Waals surface area contributed by atoms with Gasteiger partial charge in [0.05, 0.1) is 6.20 Å². The predicted molar refractivity (Wildman–Crippen MR) is 84.8 cm³/mol. The number of nitrogens with zero attached hydrogens (tertiary/aromatic N) is 2. The third kappa shape index (κ3) is 3.10. The van der Waals surface area contributed by atoms with Crippen molar-refractivity contribution in [2.24, 2.45) is 0 Å². The quantitative estimate of drug-likeness (QED) is 0.868. The van der Waals surface area contributed by atoms with Gasteiger partial charge in [0.1, 0.15) is 0 Å². The SMILES string of the molecule is CCCn1ncc(-c2ccc(CNCC)cc2C)c1C. The fourth-order valence-electron chi connectivity index (χ4n) is 2.56. The van der Waals surface area contributed by atoms with Crippen LogP contribution in [0.3, 0.4) is 0 Å². The van der Waals surface area contributed by atoms with Gasteiger partial charge in [-0.3, -0.25) is 4.68 Å². The Morgan fingerprint density at radius 3 is 2.60 bits per heavy atom. The molecule has 3 heteroatoms. The zero-order valence-corrected chi connectivity index (χ0v) is 13.0. The third-order valence-corrected chi connectivity index (χ3v) is 3.70. The maximum absolute atomic E-state index is 4.50. The van der Waals surface area contributed by atoms with E-state index in [1.807, 2.05) is 6.20 Å². The van der Waals surface area contributed by atoms with Crippen LogP contribution in [0.25, 0.3) is 11.1 Å². The molecule has 0 fully saturated rings. The van der Waals surface area contributed by atoms with E-state index < -0.39 is 0 Å². The second-order valence-electron chi connectivity index (χ2n) is 5.30. The Kier molecular flexibility index (Phi) is 4.96. The summed E-state index contributed by atoms with van der Waals surface area (Å²) in [5, 5.41) is 7.87. The van der Waals surface area contributed by atoms with E-state index in [1.54, 1.807) is 0 Å². The van der Waals surface area contributed by atoms with Crippen LogP contribution in [0, 0.1) is 13.8 Å². The molecule has 0 unspecified atom stereocenters. The van der Waals surface area contributed by atoms with Crippen molar-refractivity contribution >= 4 is 0 Å². The number of benzene rings is 1. The molecule has 1 aromatic heterocycles. The molecule has 0 atom stereocenters. The molecule has 0 saturated heterocycles. The van der Waals surface area contributed by atoms with Gasteiger partial charge in [-0.25, -0.2) is 0 Å². The maximum atomic E-state index is 4.50. The van der Waals surface area contributed by atoms with Gasteiger partial charge in [-0.1, -0.05) is 32.0 Å². The number of nitrogens with one attached hydrogen (secondary N) is 1. The van der Waals surface area contributed by atoms with Crippen molar-refractivity contribution in [1.82, 2.24) is 15.1 Å². The molecule has 2 rings (SSSR count). The van der Waals surface area contributed by atoms with Gasteiger partial charge in [-0.15, -0.1) is 0 Å². The molecule has 20 heavy (non-hydrogen) atoms. The first kappa shape index (κ1) is 14.8. The molecular formula is C17H25N3. The van der Waals surface area contributed by atoms with Crippen molar-refractivity contribution in [2.45, 2.75) is 47.2 Å². The first-order valence-corrected chi connectivity index (χ1v) is 7.50. The highest BCUT2D eigenvalue weighted by Gasteiger charge is 2.10. The number of hydrogen-bond acceptors (Lipinski definition) is 2. The van der Waals surface area contributed by atoms with Crippen molar-refractivity contribution in [3.8, 4) is 11.1 Å². The van der Waals surface area contributed by atoms with Gasteiger partial charge < -0.3 is 5.32 Å². The molecular weight excluding hydrogens is 246 g/mol. The summed E-state index contributed by atoms with van der Waals surface area (Å²) in [6, 6.07) is 6.71. The molecule has 0 aliphatic carbocycles. The Morgan fingerprint density at radius 1 is 1.15 bits per heavy atom. The molecule has 1 aromatic carbocycles. The highest BCUT2D eigenvalue weighted by molar-refractivity contribution is 5.69. The minimum Gasteiger partial charge on any atom is -0.313 e. The Labute approximate surface area is 122 Å². The average Bonchev–Trinajstić information content (AvgIpc) is 2.79. The summed E-state index contributed by atoms with van der Waals surface area (Å²) in [5.41, 5.74) is 6.47. The van der Waals surface area contributed by atoms with E-state index in [0.29, 0.717) is 0 Å². The van der Waals surface area contributed by atoms with Gasteiger partial charge in [-0.2, -0.15) is 5.10 Å². The number of rotatable bonds is 6. The highest BCUT2D eigenvalue weighted by Crippen LogP contribution is 2.27. The summed E-state index contributed by atoms with van der Waals surface area (Å²) in [6.07, 6.45) is 3.11. The lowest BCUT2D eigenvalue weighted by atomic mass is 9.99. The summed E-state index contributed by atoms with van der Waals surface area (Å²) in [6.45, 7) is 11.6. The molecule has 0 amide bonds. The normalized spacial score (nSPS) is 11.0. The van der Waals surface area contributed by atoms with Crippen LogP contribution in [0.1, 0.15) is 37.1 Å². The number of hydrogen-bond donors (Lipinski definition) is 1. The monoisotopic (exact) mass is 271 g/mol. The smallest absolute Gasteiger partial charge is 0.0571 e. The fraction of sp³-hybridized carbons (Fsp3) is 0.471. The lowest BCUT2D eigenvalue weighted by Crippen LogP contribution is -2.11. The second-order valence-corrected chi connectivity index (χ2v) is 5.30. The highest BCUT2D eigenvalue weighted by atomic mass is 15.3. The summed E-state index contributed by atoms with van der Waals surface area (Å²) < 4.78 is 2.10. The van der Waals surface area contributed by atoms with E-state index in [1.165, 1.54) is 27.9 Å². The lowest BCUT2D eigenvalue weighted by molar-refractivity contribution is 0.587. The molecule has 1 N–H and O–H groups in total. The molecule has 1 heterocycles. The first-order valence-electron chi connectivity index (χ1n) is 7.50. The van der Waals surface area contributed by atoms with Crippen molar-refractivity contribution < 1.29 is 0 Å². The summed E-state index contributed by atoms with van der Waals surface area (Å²) in [4.78, 5) is 0. The minimum atomic E-state index is 0.936. The van der Waals surface area contributed by atoms with Crippen LogP contribution in [0.4, 0.5) is 0 Å². The third-order valence-electron chi connectivity index (χ3n) is 3.70. The van der Waals surface area contributed by atoms with E-state index in [9.17, 15) is 0 Å². The van der Waals surface area contributed by atoms with E-state index in [2.05, 4.69) is 61.0 Å². The number of aryl methyl sites for hydroxylation is 2.